The Labute approximate surface area is 190 Å². The van der Waals surface area contributed by atoms with Gasteiger partial charge in [0.2, 0.25) is 0 Å². The van der Waals surface area contributed by atoms with Crippen LogP contribution in [0.3, 0.4) is 0 Å². The lowest BCUT2D eigenvalue weighted by molar-refractivity contribution is -0.118. The normalized spacial score (nSPS) is 10.7. The first-order chi connectivity index (χ1) is 15.3. The number of halogens is 1. The summed E-state index contributed by atoms with van der Waals surface area (Å²) in [5.74, 6) is 0.226. The lowest BCUT2D eigenvalue weighted by atomic mass is 10.2. The van der Waals surface area contributed by atoms with Crippen LogP contribution < -0.4 is 19.5 Å². The van der Waals surface area contributed by atoms with Crippen LogP contribution in [0.2, 0.25) is 5.02 Å². The molecule has 10 heteroatoms. The van der Waals surface area contributed by atoms with E-state index in [4.69, 9.17) is 26.3 Å². The Kier molecular flexibility index (Phi) is 7.20. The van der Waals surface area contributed by atoms with Crippen LogP contribution in [-0.2, 0) is 14.8 Å². The highest BCUT2D eigenvalue weighted by atomic mass is 35.5. The third-order valence-electron chi connectivity index (χ3n) is 4.23. The number of ether oxygens (including phenoxy) is 2. The number of sulfonamides is 1. The largest absolute Gasteiger partial charge is 0.495 e. The minimum atomic E-state index is -3.98. The van der Waals surface area contributed by atoms with Crippen molar-refractivity contribution < 1.29 is 22.7 Å². The average molecular weight is 472 g/mol. The van der Waals surface area contributed by atoms with Crippen molar-refractivity contribution in [3.63, 3.8) is 0 Å². The first kappa shape index (κ1) is 22.9. The van der Waals surface area contributed by atoms with Gasteiger partial charge in [0.15, 0.2) is 6.61 Å². The van der Waals surface area contributed by atoms with Gasteiger partial charge in [0.1, 0.15) is 11.5 Å². The van der Waals surface area contributed by atoms with Gasteiger partial charge in [0.25, 0.3) is 15.9 Å². The fraction of sp³-hybridized carbons (Fsp3) is 0.0909. The number of anilines is 2. The molecule has 0 spiro atoms. The summed E-state index contributed by atoms with van der Waals surface area (Å²) in [5.41, 5.74) is 0.850. The lowest BCUT2D eigenvalue weighted by Crippen LogP contribution is -2.21. The smallest absolute Gasteiger partial charge is 0.262 e. The maximum Gasteiger partial charge on any atom is 0.262 e. The molecular weight excluding hydrogens is 454 g/mol. The van der Waals surface area contributed by atoms with Crippen molar-refractivity contribution in [2.24, 2.45) is 0 Å². The molecule has 8 nitrogen and oxygen atoms in total. The zero-order chi connectivity index (χ0) is 23.1. The fourth-order valence-corrected chi connectivity index (χ4v) is 3.92. The number of nitrogens with zero attached hydrogens (tertiary/aromatic N) is 1. The van der Waals surface area contributed by atoms with Crippen LogP contribution in [0.15, 0.2) is 71.6 Å². The van der Waals surface area contributed by atoms with Crippen LogP contribution in [0.4, 0.5) is 11.4 Å². The maximum atomic E-state index is 12.8. The van der Waals surface area contributed by atoms with Gasteiger partial charge in [-0.25, -0.2) is 8.42 Å². The Bertz CT molecular complexity index is 1270. The van der Waals surface area contributed by atoms with Crippen LogP contribution >= 0.6 is 11.6 Å². The molecule has 0 bridgehead atoms. The number of hydrogen-bond acceptors (Lipinski definition) is 6. The number of amides is 1. The van der Waals surface area contributed by atoms with Crippen LogP contribution in [0, 0.1) is 11.3 Å². The van der Waals surface area contributed by atoms with E-state index in [0.29, 0.717) is 17.1 Å². The third-order valence-corrected chi connectivity index (χ3v) is 5.92. The van der Waals surface area contributed by atoms with Gasteiger partial charge in [-0.1, -0.05) is 23.7 Å². The second kappa shape index (κ2) is 10.0. The number of benzene rings is 3. The highest BCUT2D eigenvalue weighted by molar-refractivity contribution is 7.92. The number of carbonyl (C=O) groups is 1. The Morgan fingerprint density at radius 2 is 1.78 bits per heavy atom. The molecular formula is C22H18ClN3O5S. The quantitative estimate of drug-likeness (QED) is 0.512. The van der Waals surface area contributed by atoms with E-state index in [1.165, 1.54) is 25.3 Å². The molecule has 0 heterocycles. The topological polar surface area (TPSA) is 118 Å². The number of carbonyl (C=O) groups excluding carboxylic acids is 1. The molecule has 0 aliphatic rings. The molecule has 0 fully saturated rings. The molecule has 3 rings (SSSR count). The summed E-state index contributed by atoms with van der Waals surface area (Å²) < 4.78 is 38.6. The molecule has 0 aliphatic heterocycles. The summed E-state index contributed by atoms with van der Waals surface area (Å²) >= 11 is 6.13. The van der Waals surface area contributed by atoms with Crippen molar-refractivity contribution >= 4 is 38.9 Å². The number of methoxy groups -OCH3 is 1. The molecule has 0 radical (unpaired) electrons. The van der Waals surface area contributed by atoms with Crippen molar-refractivity contribution in [2.75, 3.05) is 23.8 Å². The highest BCUT2D eigenvalue weighted by Gasteiger charge is 2.19. The number of rotatable bonds is 8. The standard InChI is InChI=1S/C22H18ClN3O5S/c1-30-21-5-3-2-4-19(21)26-32(28,29)17-10-11-18(23)20(12-17)25-22(27)14-31-16-8-6-15(13-24)7-9-16/h2-12,26H,14H2,1H3,(H,25,27). The lowest BCUT2D eigenvalue weighted by Gasteiger charge is -2.13. The van der Waals surface area contributed by atoms with Gasteiger partial charge in [0.05, 0.1) is 40.0 Å². The molecule has 0 aliphatic carbocycles. The van der Waals surface area contributed by atoms with Crippen molar-refractivity contribution in [3.05, 3.63) is 77.3 Å². The Morgan fingerprint density at radius 3 is 2.47 bits per heavy atom. The first-order valence-electron chi connectivity index (χ1n) is 9.20. The van der Waals surface area contributed by atoms with E-state index in [2.05, 4.69) is 10.0 Å². The van der Waals surface area contributed by atoms with E-state index in [1.54, 1.807) is 48.5 Å². The van der Waals surface area contributed by atoms with Crippen LogP contribution in [0.1, 0.15) is 5.56 Å². The molecule has 0 unspecified atom stereocenters. The molecule has 3 aromatic rings. The molecule has 32 heavy (non-hydrogen) atoms. The minimum absolute atomic E-state index is 0.101. The van der Waals surface area contributed by atoms with E-state index >= 15 is 0 Å². The molecule has 164 valence electrons. The number of nitriles is 1. The van der Waals surface area contributed by atoms with Gasteiger partial charge in [-0.2, -0.15) is 5.26 Å². The molecule has 1 amide bonds. The summed E-state index contributed by atoms with van der Waals surface area (Å²) in [6.07, 6.45) is 0. The van der Waals surface area contributed by atoms with Gasteiger partial charge in [-0.3, -0.25) is 9.52 Å². The van der Waals surface area contributed by atoms with Gasteiger partial charge in [0, 0.05) is 0 Å². The zero-order valence-electron chi connectivity index (χ0n) is 16.8. The van der Waals surface area contributed by atoms with Crippen LogP contribution in [0.5, 0.6) is 11.5 Å². The SMILES string of the molecule is COc1ccccc1NS(=O)(=O)c1ccc(Cl)c(NC(=O)COc2ccc(C#N)cc2)c1. The molecule has 0 atom stereocenters. The van der Waals surface area contributed by atoms with Crippen molar-refractivity contribution in [2.45, 2.75) is 4.90 Å². The van der Waals surface area contributed by atoms with Crippen LogP contribution in [-0.4, -0.2) is 28.0 Å². The Morgan fingerprint density at radius 1 is 1.06 bits per heavy atom. The van der Waals surface area contributed by atoms with E-state index in [1.807, 2.05) is 6.07 Å². The predicted molar refractivity (Wildman–Crippen MR) is 121 cm³/mol. The molecule has 0 saturated heterocycles. The highest BCUT2D eigenvalue weighted by Crippen LogP contribution is 2.29. The number of para-hydroxylation sites is 2. The molecule has 0 aromatic heterocycles. The van der Waals surface area contributed by atoms with Crippen molar-refractivity contribution in [1.82, 2.24) is 0 Å². The van der Waals surface area contributed by atoms with Crippen molar-refractivity contribution in [3.8, 4) is 17.6 Å². The second-order valence-electron chi connectivity index (χ2n) is 6.42. The Hall–Kier alpha value is -3.74. The van der Waals surface area contributed by atoms with E-state index in [-0.39, 0.29) is 27.9 Å². The minimum Gasteiger partial charge on any atom is -0.495 e. The maximum absolute atomic E-state index is 12.8. The number of nitrogens with one attached hydrogen (secondary N) is 2. The zero-order valence-corrected chi connectivity index (χ0v) is 18.4. The second-order valence-corrected chi connectivity index (χ2v) is 8.51. The van der Waals surface area contributed by atoms with E-state index in [0.717, 1.165) is 0 Å². The van der Waals surface area contributed by atoms with Gasteiger partial charge in [-0.05, 0) is 54.6 Å². The fourth-order valence-electron chi connectivity index (χ4n) is 2.66. The molecule has 3 aromatic carbocycles. The van der Waals surface area contributed by atoms with E-state index in [9.17, 15) is 13.2 Å². The first-order valence-corrected chi connectivity index (χ1v) is 11.1. The summed E-state index contributed by atoms with van der Waals surface area (Å²) in [6, 6.07) is 18.8. The monoisotopic (exact) mass is 471 g/mol. The van der Waals surface area contributed by atoms with Gasteiger partial charge in [-0.15, -0.1) is 0 Å². The summed E-state index contributed by atoms with van der Waals surface area (Å²) in [7, 11) is -2.55. The Balaban J connectivity index is 1.71. The number of hydrogen-bond donors (Lipinski definition) is 2. The summed E-state index contributed by atoms with van der Waals surface area (Å²) in [6.45, 7) is -0.335. The summed E-state index contributed by atoms with van der Waals surface area (Å²) in [5, 5.41) is 11.5. The molecule has 0 saturated carbocycles. The average Bonchev–Trinajstić information content (AvgIpc) is 2.79. The molecule has 2 N–H and O–H groups in total. The van der Waals surface area contributed by atoms with Gasteiger partial charge >= 0.3 is 0 Å². The van der Waals surface area contributed by atoms with Crippen LogP contribution in [0.25, 0.3) is 0 Å². The van der Waals surface area contributed by atoms with Crippen molar-refractivity contribution in [1.29, 1.82) is 5.26 Å². The van der Waals surface area contributed by atoms with Gasteiger partial charge < -0.3 is 14.8 Å². The predicted octanol–water partition coefficient (Wildman–Crippen LogP) is 4.04. The van der Waals surface area contributed by atoms with E-state index < -0.39 is 15.9 Å². The third kappa shape index (κ3) is 5.69. The summed E-state index contributed by atoms with van der Waals surface area (Å²) in [4.78, 5) is 12.2.